The molecule has 3 nitrogen and oxygen atoms in total. The molecule has 116 valence electrons. The van der Waals surface area contributed by atoms with Crippen molar-refractivity contribution in [2.45, 2.75) is 84.2 Å². The molecule has 1 saturated heterocycles. The highest BCUT2D eigenvalue weighted by Gasteiger charge is 2.41. The minimum Gasteiger partial charge on any atom is -0.354 e. The maximum Gasteiger partial charge on any atom is 0.226 e. The Morgan fingerprint density at radius 2 is 1.95 bits per heavy atom. The molecule has 1 heterocycles. The molecule has 2 N–H and O–H groups in total. The lowest BCUT2D eigenvalue weighted by Gasteiger charge is -2.32. The first-order chi connectivity index (χ1) is 9.52. The minimum absolute atomic E-state index is 0.0611. The van der Waals surface area contributed by atoms with Gasteiger partial charge in [-0.3, -0.25) is 4.79 Å². The third-order valence-electron chi connectivity index (χ3n) is 5.06. The highest BCUT2D eigenvalue weighted by molar-refractivity contribution is 5.83. The second kappa shape index (κ2) is 6.93. The third kappa shape index (κ3) is 3.97. The number of carbonyl (C=O) groups excluding carboxylic acids is 1. The number of rotatable bonds is 5. The van der Waals surface area contributed by atoms with E-state index < -0.39 is 0 Å². The van der Waals surface area contributed by atoms with E-state index in [1.54, 1.807) is 0 Å². The number of amides is 1. The maximum absolute atomic E-state index is 12.7. The van der Waals surface area contributed by atoms with Crippen LogP contribution in [0.1, 0.15) is 72.1 Å². The number of carbonyl (C=O) groups is 1. The monoisotopic (exact) mass is 280 g/mol. The van der Waals surface area contributed by atoms with Crippen molar-refractivity contribution in [1.29, 1.82) is 0 Å². The van der Waals surface area contributed by atoms with E-state index in [0.29, 0.717) is 23.9 Å². The van der Waals surface area contributed by atoms with Gasteiger partial charge in [0.1, 0.15) is 0 Å². The Morgan fingerprint density at radius 1 is 1.25 bits per heavy atom. The Bertz CT molecular complexity index is 321. The maximum atomic E-state index is 12.7. The lowest BCUT2D eigenvalue weighted by atomic mass is 9.77. The van der Waals surface area contributed by atoms with Gasteiger partial charge in [0.15, 0.2) is 0 Å². The average Bonchev–Trinajstić information content (AvgIpc) is 2.85. The molecular weight excluding hydrogens is 248 g/mol. The van der Waals surface area contributed by atoms with E-state index in [4.69, 9.17) is 0 Å². The molecule has 0 aromatic heterocycles. The van der Waals surface area contributed by atoms with Crippen LogP contribution in [-0.2, 0) is 4.79 Å². The summed E-state index contributed by atoms with van der Waals surface area (Å²) in [5.74, 6) is 0.926. The van der Waals surface area contributed by atoms with Gasteiger partial charge in [0.2, 0.25) is 5.91 Å². The largest absolute Gasteiger partial charge is 0.354 e. The molecule has 3 heteroatoms. The van der Waals surface area contributed by atoms with Gasteiger partial charge in [0.05, 0.1) is 0 Å². The fraction of sp³-hybridized carbons (Fsp3) is 0.941. The van der Waals surface area contributed by atoms with Gasteiger partial charge in [-0.2, -0.15) is 0 Å². The summed E-state index contributed by atoms with van der Waals surface area (Å²) < 4.78 is 0. The van der Waals surface area contributed by atoms with E-state index in [-0.39, 0.29) is 5.41 Å². The lowest BCUT2D eigenvalue weighted by molar-refractivity contribution is -0.131. The van der Waals surface area contributed by atoms with Crippen molar-refractivity contribution < 1.29 is 4.79 Å². The molecule has 20 heavy (non-hydrogen) atoms. The zero-order valence-corrected chi connectivity index (χ0v) is 13.5. The fourth-order valence-electron chi connectivity index (χ4n) is 4.16. The van der Waals surface area contributed by atoms with Crippen LogP contribution in [0, 0.1) is 11.3 Å². The van der Waals surface area contributed by atoms with Gasteiger partial charge in [0.25, 0.3) is 0 Å². The molecule has 2 aliphatic rings. The van der Waals surface area contributed by atoms with Crippen LogP contribution < -0.4 is 10.6 Å². The van der Waals surface area contributed by atoms with Crippen molar-refractivity contribution in [3.63, 3.8) is 0 Å². The summed E-state index contributed by atoms with van der Waals surface area (Å²) in [6.07, 6.45) is 9.41. The third-order valence-corrected chi connectivity index (χ3v) is 5.06. The van der Waals surface area contributed by atoms with Crippen LogP contribution in [0.2, 0.25) is 0 Å². The van der Waals surface area contributed by atoms with Crippen LogP contribution in [0.5, 0.6) is 0 Å². The second-order valence-corrected chi connectivity index (χ2v) is 7.49. The van der Waals surface area contributed by atoms with Gasteiger partial charge in [-0.1, -0.05) is 33.1 Å². The SMILES string of the molecule is CC(C)CC1(C(=O)NCC2CCCC(C)N2)CCCC1. The molecule has 0 radical (unpaired) electrons. The molecule has 2 unspecified atom stereocenters. The van der Waals surface area contributed by atoms with Crippen molar-refractivity contribution in [3.05, 3.63) is 0 Å². The van der Waals surface area contributed by atoms with E-state index in [0.717, 1.165) is 25.8 Å². The van der Waals surface area contributed by atoms with Crippen molar-refractivity contribution in [3.8, 4) is 0 Å². The van der Waals surface area contributed by atoms with E-state index in [9.17, 15) is 4.79 Å². The normalized spacial score (nSPS) is 29.6. The van der Waals surface area contributed by atoms with Gasteiger partial charge >= 0.3 is 0 Å². The molecule has 0 aromatic carbocycles. The molecule has 1 aliphatic heterocycles. The Labute approximate surface area is 124 Å². The molecule has 2 atom stereocenters. The topological polar surface area (TPSA) is 41.1 Å². The number of hydrogen-bond acceptors (Lipinski definition) is 2. The Kier molecular flexibility index (Phi) is 5.48. The number of hydrogen-bond donors (Lipinski definition) is 2. The van der Waals surface area contributed by atoms with Crippen LogP contribution in [0.25, 0.3) is 0 Å². The first-order valence-electron chi connectivity index (χ1n) is 8.56. The molecule has 0 bridgehead atoms. The van der Waals surface area contributed by atoms with Crippen LogP contribution >= 0.6 is 0 Å². The summed E-state index contributed by atoms with van der Waals surface area (Å²) in [5.41, 5.74) is -0.0611. The van der Waals surface area contributed by atoms with Gasteiger partial charge in [-0.25, -0.2) is 0 Å². The number of piperidine rings is 1. The Morgan fingerprint density at radius 3 is 2.55 bits per heavy atom. The molecule has 2 rings (SSSR count). The van der Waals surface area contributed by atoms with E-state index >= 15 is 0 Å². The van der Waals surface area contributed by atoms with Gasteiger partial charge < -0.3 is 10.6 Å². The predicted octanol–water partition coefficient (Wildman–Crippen LogP) is 3.24. The van der Waals surface area contributed by atoms with Crippen molar-refractivity contribution in [2.24, 2.45) is 11.3 Å². The minimum atomic E-state index is -0.0611. The van der Waals surface area contributed by atoms with Crippen molar-refractivity contribution >= 4 is 5.91 Å². The van der Waals surface area contributed by atoms with Crippen LogP contribution in [-0.4, -0.2) is 24.5 Å². The molecule has 1 aliphatic carbocycles. The summed E-state index contributed by atoms with van der Waals surface area (Å²) in [6.45, 7) is 7.52. The lowest BCUT2D eigenvalue weighted by Crippen LogP contribution is -2.50. The molecule has 1 saturated carbocycles. The van der Waals surface area contributed by atoms with E-state index in [1.165, 1.54) is 32.1 Å². The smallest absolute Gasteiger partial charge is 0.226 e. The van der Waals surface area contributed by atoms with Crippen molar-refractivity contribution in [2.75, 3.05) is 6.54 Å². The zero-order valence-electron chi connectivity index (χ0n) is 13.5. The second-order valence-electron chi connectivity index (χ2n) is 7.49. The fourth-order valence-corrected chi connectivity index (χ4v) is 4.16. The molecule has 0 aromatic rings. The van der Waals surface area contributed by atoms with Gasteiger partial charge in [0, 0.05) is 24.0 Å². The highest BCUT2D eigenvalue weighted by atomic mass is 16.2. The quantitative estimate of drug-likeness (QED) is 0.811. The summed E-state index contributed by atoms with van der Waals surface area (Å²) in [4.78, 5) is 12.7. The van der Waals surface area contributed by atoms with Crippen LogP contribution in [0.15, 0.2) is 0 Å². The van der Waals surface area contributed by atoms with E-state index in [1.807, 2.05) is 0 Å². The highest BCUT2D eigenvalue weighted by Crippen LogP contribution is 2.43. The van der Waals surface area contributed by atoms with E-state index in [2.05, 4.69) is 31.4 Å². The number of nitrogens with one attached hydrogen (secondary N) is 2. The standard InChI is InChI=1S/C17H32N2O/c1-13(2)11-17(9-4-5-10-17)16(20)18-12-15-8-6-7-14(3)19-15/h13-15,19H,4-12H2,1-3H3,(H,18,20). The molecular formula is C17H32N2O. The average molecular weight is 280 g/mol. The summed E-state index contributed by atoms with van der Waals surface area (Å²) >= 11 is 0. The molecule has 2 fully saturated rings. The first-order valence-corrected chi connectivity index (χ1v) is 8.56. The molecule has 1 amide bonds. The summed E-state index contributed by atoms with van der Waals surface area (Å²) in [5, 5.41) is 6.86. The van der Waals surface area contributed by atoms with Crippen LogP contribution in [0.3, 0.4) is 0 Å². The van der Waals surface area contributed by atoms with Crippen molar-refractivity contribution in [1.82, 2.24) is 10.6 Å². The van der Waals surface area contributed by atoms with Crippen LogP contribution in [0.4, 0.5) is 0 Å². The zero-order chi connectivity index (χ0) is 14.6. The summed E-state index contributed by atoms with van der Waals surface area (Å²) in [6, 6.07) is 1.07. The Balaban J connectivity index is 1.85. The van der Waals surface area contributed by atoms with Gasteiger partial charge in [-0.15, -0.1) is 0 Å². The van der Waals surface area contributed by atoms with Gasteiger partial charge in [-0.05, 0) is 44.9 Å². The summed E-state index contributed by atoms with van der Waals surface area (Å²) in [7, 11) is 0. The predicted molar refractivity (Wildman–Crippen MR) is 83.6 cm³/mol. The Hall–Kier alpha value is -0.570. The molecule has 0 spiro atoms. The first kappa shape index (κ1) is 15.8.